The summed E-state index contributed by atoms with van der Waals surface area (Å²) in [5, 5.41) is 15.3. The SMILES string of the molecule is CCCC(=O)OC[C@H](O)CN(Cc1c(-c2ccccc2)nn(C)c1Oc1ccccc1F)CC(C)C. The fourth-order valence-corrected chi connectivity index (χ4v) is 4.04. The van der Waals surface area contributed by atoms with Crippen molar-refractivity contribution in [3.05, 3.63) is 66.0 Å². The number of aromatic nitrogens is 2. The van der Waals surface area contributed by atoms with Gasteiger partial charge < -0.3 is 14.6 Å². The van der Waals surface area contributed by atoms with Gasteiger partial charge >= 0.3 is 5.97 Å². The molecule has 0 amide bonds. The van der Waals surface area contributed by atoms with Crippen LogP contribution in [0.4, 0.5) is 4.39 Å². The highest BCUT2D eigenvalue weighted by atomic mass is 19.1. The Morgan fingerprint density at radius 1 is 1.11 bits per heavy atom. The van der Waals surface area contributed by atoms with Gasteiger partial charge in [-0.15, -0.1) is 0 Å². The topological polar surface area (TPSA) is 76.8 Å². The standard InChI is InChI=1S/C28H36FN3O4/c1-5-11-26(34)35-19-22(33)17-32(16-20(2)3)18-23-27(21-12-7-6-8-13-21)30-31(4)28(23)36-25-15-10-9-14-24(25)29/h6-10,12-15,20,22,33H,5,11,16-19H2,1-4H3/t22-/m1/s1. The molecule has 0 saturated carbocycles. The zero-order valence-electron chi connectivity index (χ0n) is 21.5. The second kappa shape index (κ2) is 13.2. The maximum absolute atomic E-state index is 14.4. The van der Waals surface area contributed by atoms with Gasteiger partial charge in [-0.3, -0.25) is 9.69 Å². The van der Waals surface area contributed by atoms with Crippen molar-refractivity contribution in [2.45, 2.75) is 46.3 Å². The lowest BCUT2D eigenvalue weighted by Gasteiger charge is -2.27. The molecule has 3 aromatic rings. The van der Waals surface area contributed by atoms with E-state index in [4.69, 9.17) is 14.6 Å². The minimum atomic E-state index is -0.850. The molecule has 2 aromatic carbocycles. The molecule has 1 atom stereocenters. The first-order chi connectivity index (χ1) is 17.3. The predicted molar refractivity (Wildman–Crippen MR) is 137 cm³/mol. The monoisotopic (exact) mass is 497 g/mol. The fraction of sp³-hybridized carbons (Fsp3) is 0.429. The van der Waals surface area contributed by atoms with E-state index in [-0.39, 0.29) is 18.3 Å². The Balaban J connectivity index is 1.92. The number of ether oxygens (including phenoxy) is 2. The smallest absolute Gasteiger partial charge is 0.305 e. The molecule has 0 saturated heterocycles. The maximum atomic E-state index is 14.4. The summed E-state index contributed by atoms with van der Waals surface area (Å²) in [6.07, 6.45) is 0.176. The van der Waals surface area contributed by atoms with Crippen molar-refractivity contribution in [2.24, 2.45) is 13.0 Å². The summed E-state index contributed by atoms with van der Waals surface area (Å²) in [4.78, 5) is 13.8. The van der Waals surface area contributed by atoms with Gasteiger partial charge in [-0.25, -0.2) is 9.07 Å². The number of para-hydroxylation sites is 1. The minimum absolute atomic E-state index is 0.0649. The van der Waals surface area contributed by atoms with Crippen molar-refractivity contribution in [2.75, 3.05) is 19.7 Å². The molecule has 7 nitrogen and oxygen atoms in total. The van der Waals surface area contributed by atoms with Gasteiger partial charge in [-0.05, 0) is 24.5 Å². The molecule has 0 fully saturated rings. The van der Waals surface area contributed by atoms with E-state index in [9.17, 15) is 14.3 Å². The van der Waals surface area contributed by atoms with Gasteiger partial charge in [0, 0.05) is 38.7 Å². The summed E-state index contributed by atoms with van der Waals surface area (Å²) in [6, 6.07) is 16.0. The minimum Gasteiger partial charge on any atom is -0.463 e. The first-order valence-corrected chi connectivity index (χ1v) is 12.4. The number of halogens is 1. The average molecular weight is 498 g/mol. The van der Waals surface area contributed by atoms with Crippen LogP contribution in [0, 0.1) is 11.7 Å². The lowest BCUT2D eigenvalue weighted by molar-refractivity contribution is -0.147. The van der Waals surface area contributed by atoms with E-state index in [0.29, 0.717) is 44.3 Å². The van der Waals surface area contributed by atoms with Crippen LogP contribution in [0.3, 0.4) is 0 Å². The van der Waals surface area contributed by atoms with E-state index in [1.165, 1.54) is 6.07 Å². The molecular formula is C28H36FN3O4. The number of benzene rings is 2. The van der Waals surface area contributed by atoms with Crippen LogP contribution in [-0.2, 0) is 23.1 Å². The Bertz CT molecular complexity index is 1120. The van der Waals surface area contributed by atoms with Crippen LogP contribution < -0.4 is 4.74 Å². The first kappa shape index (κ1) is 27.4. The van der Waals surface area contributed by atoms with Gasteiger partial charge in [-0.2, -0.15) is 5.10 Å². The van der Waals surface area contributed by atoms with Crippen molar-refractivity contribution in [3.8, 4) is 22.9 Å². The zero-order chi connectivity index (χ0) is 26.1. The number of carbonyl (C=O) groups excluding carboxylic acids is 1. The average Bonchev–Trinajstić information content (AvgIpc) is 3.14. The van der Waals surface area contributed by atoms with E-state index in [0.717, 1.165) is 16.8 Å². The van der Waals surface area contributed by atoms with E-state index in [2.05, 4.69) is 18.7 Å². The molecule has 0 unspecified atom stereocenters. The van der Waals surface area contributed by atoms with Gasteiger partial charge in [0.1, 0.15) is 18.4 Å². The maximum Gasteiger partial charge on any atom is 0.305 e. The van der Waals surface area contributed by atoms with E-state index in [1.54, 1.807) is 29.9 Å². The molecule has 0 aliphatic heterocycles. The van der Waals surface area contributed by atoms with Crippen LogP contribution in [0.15, 0.2) is 54.6 Å². The van der Waals surface area contributed by atoms with Crippen LogP contribution in [0.25, 0.3) is 11.3 Å². The molecule has 0 aliphatic carbocycles. The third kappa shape index (κ3) is 7.63. The number of carbonyl (C=O) groups is 1. The van der Waals surface area contributed by atoms with Gasteiger partial charge in [0.2, 0.25) is 5.88 Å². The van der Waals surface area contributed by atoms with Gasteiger partial charge in [0.15, 0.2) is 11.6 Å². The molecule has 1 aromatic heterocycles. The van der Waals surface area contributed by atoms with Gasteiger partial charge in [0.25, 0.3) is 0 Å². The fourth-order valence-electron chi connectivity index (χ4n) is 4.04. The lowest BCUT2D eigenvalue weighted by atomic mass is 10.1. The third-order valence-electron chi connectivity index (χ3n) is 5.54. The molecule has 8 heteroatoms. The molecule has 0 radical (unpaired) electrons. The normalized spacial score (nSPS) is 12.2. The summed E-state index contributed by atoms with van der Waals surface area (Å²) in [7, 11) is 1.76. The Hall–Kier alpha value is -3.23. The second-order valence-corrected chi connectivity index (χ2v) is 9.33. The number of aryl methyl sites for hydroxylation is 1. The third-order valence-corrected chi connectivity index (χ3v) is 5.54. The van der Waals surface area contributed by atoms with Crippen molar-refractivity contribution in [1.29, 1.82) is 0 Å². The Morgan fingerprint density at radius 3 is 2.47 bits per heavy atom. The van der Waals surface area contributed by atoms with E-state index < -0.39 is 11.9 Å². The predicted octanol–water partition coefficient (Wildman–Crippen LogP) is 5.18. The highest BCUT2D eigenvalue weighted by Gasteiger charge is 2.24. The summed E-state index contributed by atoms with van der Waals surface area (Å²) in [6.45, 7) is 7.41. The van der Waals surface area contributed by atoms with Crippen LogP contribution in [0.2, 0.25) is 0 Å². The second-order valence-electron chi connectivity index (χ2n) is 9.33. The molecule has 0 spiro atoms. The molecular weight excluding hydrogens is 461 g/mol. The molecule has 36 heavy (non-hydrogen) atoms. The van der Waals surface area contributed by atoms with Crippen LogP contribution >= 0.6 is 0 Å². The summed E-state index contributed by atoms with van der Waals surface area (Å²) >= 11 is 0. The zero-order valence-corrected chi connectivity index (χ0v) is 21.5. The van der Waals surface area contributed by atoms with Crippen LogP contribution in [0.1, 0.15) is 39.2 Å². The number of nitrogens with zero attached hydrogens (tertiary/aromatic N) is 3. The van der Waals surface area contributed by atoms with Gasteiger partial charge in [0.05, 0.1) is 5.56 Å². The molecule has 1 heterocycles. The summed E-state index contributed by atoms with van der Waals surface area (Å²) in [5.41, 5.74) is 2.41. The Kier molecular flexibility index (Phi) is 10.0. The van der Waals surface area contributed by atoms with Crippen molar-refractivity contribution in [3.63, 3.8) is 0 Å². The number of hydrogen-bond acceptors (Lipinski definition) is 6. The quantitative estimate of drug-likeness (QED) is 0.328. The van der Waals surface area contributed by atoms with Crippen molar-refractivity contribution < 1.29 is 23.8 Å². The molecule has 194 valence electrons. The van der Waals surface area contributed by atoms with Crippen LogP contribution in [-0.4, -0.2) is 51.6 Å². The number of rotatable bonds is 13. The largest absolute Gasteiger partial charge is 0.463 e. The molecule has 0 aliphatic rings. The first-order valence-electron chi connectivity index (χ1n) is 12.4. The molecule has 3 rings (SSSR count). The highest BCUT2D eigenvalue weighted by molar-refractivity contribution is 5.69. The highest BCUT2D eigenvalue weighted by Crippen LogP contribution is 2.35. The van der Waals surface area contributed by atoms with Crippen molar-refractivity contribution in [1.82, 2.24) is 14.7 Å². The summed E-state index contributed by atoms with van der Waals surface area (Å²) in [5.74, 6) is 0.0734. The summed E-state index contributed by atoms with van der Waals surface area (Å²) < 4.78 is 27.3. The van der Waals surface area contributed by atoms with Crippen LogP contribution in [0.5, 0.6) is 11.6 Å². The Labute approximate surface area is 212 Å². The lowest BCUT2D eigenvalue weighted by Crippen LogP contribution is -2.37. The number of aliphatic hydroxyl groups is 1. The molecule has 0 bridgehead atoms. The molecule has 1 N–H and O–H groups in total. The van der Waals surface area contributed by atoms with E-state index >= 15 is 0 Å². The van der Waals surface area contributed by atoms with Gasteiger partial charge in [-0.1, -0.05) is 63.2 Å². The Morgan fingerprint density at radius 2 is 1.81 bits per heavy atom. The number of esters is 1. The van der Waals surface area contributed by atoms with E-state index in [1.807, 2.05) is 37.3 Å². The number of aliphatic hydroxyl groups excluding tert-OH is 1. The number of hydrogen-bond donors (Lipinski definition) is 1. The van der Waals surface area contributed by atoms with Crippen molar-refractivity contribution >= 4 is 5.97 Å².